The van der Waals surface area contributed by atoms with Crippen LogP contribution in [0.1, 0.15) is 33.1 Å². The molecular weight excluding hydrogens is 226 g/mol. The molecule has 1 atom stereocenters. The van der Waals surface area contributed by atoms with Crippen LogP contribution in [0.25, 0.3) is 0 Å². The van der Waals surface area contributed by atoms with Crippen LogP contribution in [0.5, 0.6) is 0 Å². The third kappa shape index (κ3) is 3.04. The van der Waals surface area contributed by atoms with Crippen molar-refractivity contribution in [2.45, 2.75) is 39.2 Å². The van der Waals surface area contributed by atoms with Crippen LogP contribution in [0, 0.1) is 5.41 Å². The highest BCUT2D eigenvalue weighted by atomic mass is 16.2. The number of nitrogens with one attached hydrogen (secondary N) is 1. The summed E-state index contributed by atoms with van der Waals surface area (Å²) in [6, 6.07) is 0.560. The third-order valence-corrected chi connectivity index (χ3v) is 4.59. The first-order valence-corrected chi connectivity index (χ1v) is 7.19. The van der Waals surface area contributed by atoms with Gasteiger partial charge in [0.15, 0.2) is 0 Å². The van der Waals surface area contributed by atoms with E-state index >= 15 is 0 Å². The lowest BCUT2D eigenvalue weighted by atomic mass is 9.86. The molecule has 1 saturated carbocycles. The Morgan fingerprint density at radius 1 is 1.39 bits per heavy atom. The maximum absolute atomic E-state index is 12.2. The molecule has 104 valence electrons. The van der Waals surface area contributed by atoms with Gasteiger partial charge >= 0.3 is 0 Å². The second-order valence-corrected chi connectivity index (χ2v) is 6.44. The van der Waals surface area contributed by atoms with E-state index < -0.39 is 0 Å². The zero-order valence-electron chi connectivity index (χ0n) is 12.0. The highest BCUT2D eigenvalue weighted by Gasteiger charge is 2.37. The molecule has 1 heterocycles. The van der Waals surface area contributed by atoms with Crippen LogP contribution in [0.3, 0.4) is 0 Å². The van der Waals surface area contributed by atoms with Crippen molar-refractivity contribution < 1.29 is 4.79 Å². The van der Waals surface area contributed by atoms with Gasteiger partial charge in [0, 0.05) is 32.2 Å². The van der Waals surface area contributed by atoms with E-state index in [9.17, 15) is 4.79 Å². The number of carbonyl (C=O) groups is 1. The van der Waals surface area contributed by atoms with Gasteiger partial charge < -0.3 is 10.2 Å². The van der Waals surface area contributed by atoms with Gasteiger partial charge in [0.1, 0.15) is 0 Å². The van der Waals surface area contributed by atoms with E-state index in [2.05, 4.69) is 31.1 Å². The molecule has 0 radical (unpaired) electrons. The van der Waals surface area contributed by atoms with E-state index in [-0.39, 0.29) is 0 Å². The van der Waals surface area contributed by atoms with Crippen LogP contribution in [-0.4, -0.2) is 61.5 Å². The zero-order valence-corrected chi connectivity index (χ0v) is 12.0. The highest BCUT2D eigenvalue weighted by molar-refractivity contribution is 5.78. The first-order chi connectivity index (χ1) is 8.50. The van der Waals surface area contributed by atoms with Crippen molar-refractivity contribution in [1.82, 2.24) is 15.1 Å². The molecule has 2 aliphatic rings. The van der Waals surface area contributed by atoms with Gasteiger partial charge in [-0.2, -0.15) is 0 Å². The maximum atomic E-state index is 12.2. The summed E-state index contributed by atoms with van der Waals surface area (Å²) >= 11 is 0. The molecule has 0 spiro atoms. The molecule has 0 aromatic rings. The Morgan fingerprint density at radius 3 is 2.61 bits per heavy atom. The van der Waals surface area contributed by atoms with E-state index in [1.165, 1.54) is 19.3 Å². The number of nitrogens with zero attached hydrogens (tertiary/aromatic N) is 2. The van der Waals surface area contributed by atoms with Gasteiger partial charge in [0.05, 0.1) is 6.54 Å². The van der Waals surface area contributed by atoms with Crippen molar-refractivity contribution in [3.05, 3.63) is 0 Å². The van der Waals surface area contributed by atoms with Gasteiger partial charge in [0.25, 0.3) is 0 Å². The Hall–Kier alpha value is -0.610. The molecule has 4 nitrogen and oxygen atoms in total. The van der Waals surface area contributed by atoms with E-state index in [0.717, 1.165) is 26.2 Å². The second kappa shape index (κ2) is 5.57. The number of hydrogen-bond acceptors (Lipinski definition) is 3. The summed E-state index contributed by atoms with van der Waals surface area (Å²) in [4.78, 5) is 16.5. The number of piperazine rings is 1. The summed E-state index contributed by atoms with van der Waals surface area (Å²) in [6.45, 7) is 8.83. The molecule has 1 unspecified atom stereocenters. The van der Waals surface area contributed by atoms with E-state index in [4.69, 9.17) is 0 Å². The average molecular weight is 253 g/mol. The molecule has 4 heteroatoms. The fraction of sp³-hybridized carbons (Fsp3) is 0.929. The first-order valence-electron chi connectivity index (χ1n) is 7.19. The predicted octanol–water partition coefficient (Wildman–Crippen LogP) is 0.929. The molecule has 1 aliphatic heterocycles. The van der Waals surface area contributed by atoms with Crippen LogP contribution in [0.15, 0.2) is 0 Å². The maximum Gasteiger partial charge on any atom is 0.236 e. The minimum atomic E-state index is 0.293. The number of carbonyl (C=O) groups excluding carboxylic acids is 1. The normalized spacial score (nSPS) is 27.8. The second-order valence-electron chi connectivity index (χ2n) is 6.44. The number of rotatable bonds is 3. The fourth-order valence-corrected chi connectivity index (χ4v) is 3.46. The van der Waals surface area contributed by atoms with Gasteiger partial charge in [-0.3, -0.25) is 9.69 Å². The molecule has 1 saturated heterocycles. The van der Waals surface area contributed by atoms with E-state index in [1.807, 2.05) is 4.90 Å². The lowest BCUT2D eigenvalue weighted by Gasteiger charge is -2.36. The SMILES string of the molecule is CN(CC(=O)N1CCNCC1)C1CCCC1(C)C. The van der Waals surface area contributed by atoms with Gasteiger partial charge in [-0.1, -0.05) is 20.3 Å². The smallest absolute Gasteiger partial charge is 0.236 e. The summed E-state index contributed by atoms with van der Waals surface area (Å²) in [5.74, 6) is 0.293. The van der Waals surface area contributed by atoms with Crippen LogP contribution >= 0.6 is 0 Å². The predicted molar refractivity (Wildman–Crippen MR) is 73.5 cm³/mol. The first kappa shape index (κ1) is 13.8. The molecule has 1 amide bonds. The lowest BCUT2D eigenvalue weighted by Crippen LogP contribution is -2.51. The molecule has 18 heavy (non-hydrogen) atoms. The van der Waals surface area contributed by atoms with Gasteiger partial charge in [-0.15, -0.1) is 0 Å². The Balaban J connectivity index is 1.86. The molecule has 0 aromatic carbocycles. The Bertz CT molecular complexity index is 297. The van der Waals surface area contributed by atoms with E-state index in [0.29, 0.717) is 23.9 Å². The average Bonchev–Trinajstić information content (AvgIpc) is 2.70. The monoisotopic (exact) mass is 253 g/mol. The molecule has 1 N–H and O–H groups in total. The summed E-state index contributed by atoms with van der Waals surface area (Å²) in [7, 11) is 2.11. The molecule has 1 aliphatic carbocycles. The van der Waals surface area contributed by atoms with Crippen molar-refractivity contribution in [1.29, 1.82) is 0 Å². The standard InChI is InChI=1S/C14H27N3O/c1-14(2)6-4-5-12(14)16(3)11-13(18)17-9-7-15-8-10-17/h12,15H,4-11H2,1-3H3. The molecule has 0 bridgehead atoms. The van der Waals surface area contributed by atoms with Gasteiger partial charge in [-0.25, -0.2) is 0 Å². The summed E-state index contributed by atoms with van der Waals surface area (Å²) in [5, 5.41) is 3.28. The summed E-state index contributed by atoms with van der Waals surface area (Å²) in [6.07, 6.45) is 3.81. The van der Waals surface area contributed by atoms with Crippen LogP contribution < -0.4 is 5.32 Å². The quantitative estimate of drug-likeness (QED) is 0.813. The van der Waals surface area contributed by atoms with Gasteiger partial charge in [0.2, 0.25) is 5.91 Å². The third-order valence-electron chi connectivity index (χ3n) is 4.59. The van der Waals surface area contributed by atoms with Crippen molar-refractivity contribution in [3.8, 4) is 0 Å². The van der Waals surface area contributed by atoms with Crippen molar-refractivity contribution >= 4 is 5.91 Å². The Morgan fingerprint density at radius 2 is 2.06 bits per heavy atom. The zero-order chi connectivity index (χ0) is 13.2. The van der Waals surface area contributed by atoms with Gasteiger partial charge in [-0.05, 0) is 25.3 Å². The summed E-state index contributed by atoms with van der Waals surface area (Å²) < 4.78 is 0. The van der Waals surface area contributed by atoms with Crippen LogP contribution in [0.2, 0.25) is 0 Å². The fourth-order valence-electron chi connectivity index (χ4n) is 3.46. The lowest BCUT2D eigenvalue weighted by molar-refractivity contribution is -0.133. The Labute approximate surface area is 111 Å². The Kier molecular flexibility index (Phi) is 4.28. The van der Waals surface area contributed by atoms with Crippen LogP contribution in [-0.2, 0) is 4.79 Å². The highest BCUT2D eigenvalue weighted by Crippen LogP contribution is 2.39. The minimum Gasteiger partial charge on any atom is -0.339 e. The molecule has 0 aromatic heterocycles. The number of amides is 1. The topological polar surface area (TPSA) is 35.6 Å². The summed E-state index contributed by atoms with van der Waals surface area (Å²) in [5.41, 5.74) is 0.360. The number of likely N-dealkylation sites (N-methyl/N-ethyl adjacent to an activating group) is 1. The minimum absolute atomic E-state index is 0.293. The van der Waals surface area contributed by atoms with E-state index in [1.54, 1.807) is 0 Å². The molecule has 2 fully saturated rings. The largest absolute Gasteiger partial charge is 0.339 e. The number of hydrogen-bond donors (Lipinski definition) is 1. The van der Waals surface area contributed by atoms with Crippen molar-refractivity contribution in [3.63, 3.8) is 0 Å². The van der Waals surface area contributed by atoms with Crippen LogP contribution in [0.4, 0.5) is 0 Å². The van der Waals surface area contributed by atoms with Crippen molar-refractivity contribution in [2.75, 3.05) is 39.8 Å². The molecule has 2 rings (SSSR count). The van der Waals surface area contributed by atoms with Crippen molar-refractivity contribution in [2.24, 2.45) is 5.41 Å². The molecular formula is C14H27N3O.